The van der Waals surface area contributed by atoms with Crippen molar-refractivity contribution in [3.05, 3.63) is 23.8 Å². The van der Waals surface area contributed by atoms with Gasteiger partial charge in [-0.2, -0.15) is 0 Å². The first-order valence-electron chi connectivity index (χ1n) is 8.61. The van der Waals surface area contributed by atoms with Gasteiger partial charge in [-0.25, -0.2) is 9.97 Å². The highest BCUT2D eigenvalue weighted by atomic mass is 16.5. The Morgan fingerprint density at radius 1 is 1.39 bits per heavy atom. The maximum atomic E-state index is 12.0. The summed E-state index contributed by atoms with van der Waals surface area (Å²) in [6.07, 6.45) is 6.32. The molecule has 6 nitrogen and oxygen atoms in total. The predicted molar refractivity (Wildman–Crippen MR) is 87.2 cm³/mol. The Morgan fingerprint density at radius 2 is 2.22 bits per heavy atom. The number of likely N-dealkylation sites (tertiary alicyclic amines) is 1. The SMILES string of the molecule is Cc1nccc(C2CCN(CC(=O)NC[C@@H]3CCCO3)CC2)n1. The third-order valence-electron chi connectivity index (χ3n) is 4.72. The number of aryl methyl sites for hydroxylation is 1. The zero-order valence-electron chi connectivity index (χ0n) is 13.8. The molecule has 0 spiro atoms. The summed E-state index contributed by atoms with van der Waals surface area (Å²) in [5.41, 5.74) is 1.14. The molecule has 2 fully saturated rings. The molecule has 1 atom stereocenters. The molecular formula is C17H26N4O2. The van der Waals surface area contributed by atoms with Gasteiger partial charge in [0.2, 0.25) is 5.91 Å². The summed E-state index contributed by atoms with van der Waals surface area (Å²) in [6, 6.07) is 2.02. The van der Waals surface area contributed by atoms with Gasteiger partial charge in [-0.1, -0.05) is 0 Å². The maximum absolute atomic E-state index is 12.0. The molecule has 0 aromatic carbocycles. The van der Waals surface area contributed by atoms with Gasteiger partial charge in [0, 0.05) is 31.0 Å². The van der Waals surface area contributed by atoms with Crippen molar-refractivity contribution in [2.45, 2.75) is 44.6 Å². The molecule has 2 aliphatic heterocycles. The zero-order chi connectivity index (χ0) is 16.1. The number of hydrogen-bond acceptors (Lipinski definition) is 5. The number of nitrogens with one attached hydrogen (secondary N) is 1. The Kier molecular flexibility index (Phi) is 5.56. The third kappa shape index (κ3) is 4.72. The van der Waals surface area contributed by atoms with Gasteiger partial charge in [0.25, 0.3) is 0 Å². The van der Waals surface area contributed by atoms with Gasteiger partial charge in [0.1, 0.15) is 5.82 Å². The van der Waals surface area contributed by atoms with E-state index in [1.54, 1.807) is 0 Å². The normalized spacial score (nSPS) is 23.1. The van der Waals surface area contributed by atoms with Crippen LogP contribution in [-0.2, 0) is 9.53 Å². The number of amides is 1. The Balaban J connectivity index is 1.39. The molecular weight excluding hydrogens is 292 g/mol. The lowest BCUT2D eigenvalue weighted by molar-refractivity contribution is -0.123. The number of carbonyl (C=O) groups is 1. The lowest BCUT2D eigenvalue weighted by atomic mass is 9.93. The van der Waals surface area contributed by atoms with Crippen molar-refractivity contribution in [3.8, 4) is 0 Å². The molecule has 23 heavy (non-hydrogen) atoms. The number of hydrogen-bond donors (Lipinski definition) is 1. The molecule has 0 unspecified atom stereocenters. The summed E-state index contributed by atoms with van der Waals surface area (Å²) in [4.78, 5) is 23.0. The number of nitrogens with zero attached hydrogens (tertiary/aromatic N) is 3. The summed E-state index contributed by atoms with van der Waals surface area (Å²) < 4.78 is 5.53. The van der Waals surface area contributed by atoms with Crippen molar-refractivity contribution in [1.82, 2.24) is 20.2 Å². The minimum absolute atomic E-state index is 0.108. The number of ether oxygens (including phenoxy) is 1. The van der Waals surface area contributed by atoms with Crippen molar-refractivity contribution in [2.75, 3.05) is 32.8 Å². The first kappa shape index (κ1) is 16.3. The minimum Gasteiger partial charge on any atom is -0.376 e. The van der Waals surface area contributed by atoms with Gasteiger partial charge >= 0.3 is 0 Å². The van der Waals surface area contributed by atoms with E-state index in [-0.39, 0.29) is 12.0 Å². The molecule has 1 aromatic rings. The van der Waals surface area contributed by atoms with Crippen LogP contribution in [0.4, 0.5) is 0 Å². The summed E-state index contributed by atoms with van der Waals surface area (Å²) >= 11 is 0. The van der Waals surface area contributed by atoms with Gasteiger partial charge in [-0.3, -0.25) is 9.69 Å². The standard InChI is InChI=1S/C17H26N4O2/c1-13-18-7-4-16(20-13)14-5-8-21(9-6-14)12-17(22)19-11-15-3-2-10-23-15/h4,7,14-15H,2-3,5-6,8-12H2,1H3,(H,19,22)/t15-/m0/s1. The van der Waals surface area contributed by atoms with E-state index in [4.69, 9.17) is 4.74 Å². The highest BCUT2D eigenvalue weighted by Gasteiger charge is 2.23. The lowest BCUT2D eigenvalue weighted by Crippen LogP contribution is -2.43. The summed E-state index contributed by atoms with van der Waals surface area (Å²) in [7, 11) is 0. The largest absolute Gasteiger partial charge is 0.376 e. The van der Waals surface area contributed by atoms with Crippen molar-refractivity contribution in [1.29, 1.82) is 0 Å². The first-order valence-corrected chi connectivity index (χ1v) is 8.61. The second-order valence-electron chi connectivity index (χ2n) is 6.52. The molecule has 3 rings (SSSR count). The van der Waals surface area contributed by atoms with Crippen molar-refractivity contribution in [3.63, 3.8) is 0 Å². The molecule has 2 saturated heterocycles. The quantitative estimate of drug-likeness (QED) is 0.885. The van der Waals surface area contributed by atoms with Crippen LogP contribution >= 0.6 is 0 Å². The van der Waals surface area contributed by atoms with Gasteiger partial charge in [-0.05, 0) is 51.8 Å². The molecule has 3 heterocycles. The first-order chi connectivity index (χ1) is 11.2. The summed E-state index contributed by atoms with van der Waals surface area (Å²) in [6.45, 7) is 5.79. The molecule has 2 aliphatic rings. The van der Waals surface area contributed by atoms with Crippen LogP contribution in [0.3, 0.4) is 0 Å². The monoisotopic (exact) mass is 318 g/mol. The van der Waals surface area contributed by atoms with E-state index in [1.165, 1.54) is 0 Å². The topological polar surface area (TPSA) is 67.4 Å². The molecule has 6 heteroatoms. The summed E-state index contributed by atoms with van der Waals surface area (Å²) in [5.74, 6) is 1.43. The van der Waals surface area contributed by atoms with E-state index in [0.29, 0.717) is 19.0 Å². The molecule has 0 bridgehead atoms. The Bertz CT molecular complexity index is 523. The molecule has 0 saturated carbocycles. The Labute approximate surface area is 137 Å². The molecule has 1 aromatic heterocycles. The number of aromatic nitrogens is 2. The average Bonchev–Trinajstić information content (AvgIpc) is 3.07. The second kappa shape index (κ2) is 7.84. The van der Waals surface area contributed by atoms with Crippen molar-refractivity contribution >= 4 is 5.91 Å². The van der Waals surface area contributed by atoms with Crippen molar-refractivity contribution < 1.29 is 9.53 Å². The molecule has 0 radical (unpaired) electrons. The fourth-order valence-electron chi connectivity index (χ4n) is 3.38. The molecule has 1 amide bonds. The number of carbonyl (C=O) groups excluding carboxylic acids is 1. The van der Waals surface area contributed by atoms with Gasteiger partial charge in [0.05, 0.1) is 12.6 Å². The fourth-order valence-corrected chi connectivity index (χ4v) is 3.38. The predicted octanol–water partition coefficient (Wildman–Crippen LogP) is 1.26. The van der Waals surface area contributed by atoms with E-state index >= 15 is 0 Å². The van der Waals surface area contributed by atoms with Crippen LogP contribution in [0.5, 0.6) is 0 Å². The van der Waals surface area contributed by atoms with Gasteiger partial charge < -0.3 is 10.1 Å². The lowest BCUT2D eigenvalue weighted by Gasteiger charge is -2.31. The van der Waals surface area contributed by atoms with Crippen LogP contribution in [0, 0.1) is 6.92 Å². The fraction of sp³-hybridized carbons (Fsp3) is 0.706. The molecule has 126 valence electrons. The maximum Gasteiger partial charge on any atom is 0.234 e. The average molecular weight is 318 g/mol. The molecule has 0 aliphatic carbocycles. The van der Waals surface area contributed by atoms with Crippen LogP contribution in [0.15, 0.2) is 12.3 Å². The van der Waals surface area contributed by atoms with E-state index in [2.05, 4.69) is 20.2 Å². The number of piperidine rings is 1. The third-order valence-corrected chi connectivity index (χ3v) is 4.72. The van der Waals surface area contributed by atoms with E-state index in [9.17, 15) is 4.79 Å². The Morgan fingerprint density at radius 3 is 2.91 bits per heavy atom. The van der Waals surface area contributed by atoms with Crippen LogP contribution < -0.4 is 5.32 Å². The highest BCUT2D eigenvalue weighted by Crippen LogP contribution is 2.26. The number of rotatable bonds is 5. The zero-order valence-corrected chi connectivity index (χ0v) is 13.8. The van der Waals surface area contributed by atoms with E-state index < -0.39 is 0 Å². The van der Waals surface area contributed by atoms with Gasteiger partial charge in [0.15, 0.2) is 0 Å². The highest BCUT2D eigenvalue weighted by molar-refractivity contribution is 5.78. The van der Waals surface area contributed by atoms with Crippen LogP contribution in [0.1, 0.15) is 43.1 Å². The summed E-state index contributed by atoms with van der Waals surface area (Å²) in [5, 5.41) is 3.00. The van der Waals surface area contributed by atoms with E-state index in [1.807, 2.05) is 19.2 Å². The van der Waals surface area contributed by atoms with Gasteiger partial charge in [-0.15, -0.1) is 0 Å². The Hall–Kier alpha value is -1.53. The smallest absolute Gasteiger partial charge is 0.234 e. The van der Waals surface area contributed by atoms with Crippen molar-refractivity contribution in [2.24, 2.45) is 0 Å². The second-order valence-corrected chi connectivity index (χ2v) is 6.52. The van der Waals surface area contributed by atoms with E-state index in [0.717, 1.165) is 56.9 Å². The van der Waals surface area contributed by atoms with Crippen LogP contribution in [-0.4, -0.2) is 59.7 Å². The molecule has 1 N–H and O–H groups in total. The van der Waals surface area contributed by atoms with Crippen LogP contribution in [0.2, 0.25) is 0 Å². The minimum atomic E-state index is 0.108. The van der Waals surface area contributed by atoms with Crippen LogP contribution in [0.25, 0.3) is 0 Å².